The van der Waals surface area contributed by atoms with Crippen LogP contribution in [-0.2, 0) is 30.2 Å². The van der Waals surface area contributed by atoms with Crippen molar-refractivity contribution in [1.29, 1.82) is 0 Å². The summed E-state index contributed by atoms with van der Waals surface area (Å²) in [6, 6.07) is 5.34. The Bertz CT molecular complexity index is 1530. The van der Waals surface area contributed by atoms with Crippen LogP contribution in [0.4, 0.5) is 0 Å². The number of hydrogen-bond acceptors (Lipinski definition) is 7. The number of aliphatic hydroxyl groups is 1. The number of fused-ring (bicyclic) bond motifs is 2. The van der Waals surface area contributed by atoms with Gasteiger partial charge in [-0.1, -0.05) is 6.07 Å². The Morgan fingerprint density at radius 2 is 2.03 bits per heavy atom. The van der Waals surface area contributed by atoms with Crippen LogP contribution in [0.15, 0.2) is 34.1 Å². The average molecular weight is 467 g/mol. The molecule has 1 amide bonds. The van der Waals surface area contributed by atoms with Gasteiger partial charge in [-0.25, -0.2) is 14.8 Å². The number of nitrogens with one attached hydrogen (secondary N) is 1. The molecule has 1 saturated heterocycles. The van der Waals surface area contributed by atoms with E-state index >= 15 is 0 Å². The first-order valence-corrected chi connectivity index (χ1v) is 10.9. The fourth-order valence-corrected chi connectivity index (χ4v) is 4.46. The molecule has 178 valence electrons. The van der Waals surface area contributed by atoms with Gasteiger partial charge in [-0.15, -0.1) is 0 Å². The molecule has 4 heterocycles. The summed E-state index contributed by atoms with van der Waals surface area (Å²) in [6.07, 6.45) is 0.534. The minimum atomic E-state index is -0.890. The van der Waals surface area contributed by atoms with Crippen molar-refractivity contribution in [2.75, 3.05) is 19.7 Å². The molecule has 2 atom stereocenters. The zero-order chi connectivity index (χ0) is 24.1. The number of aromatic amines is 1. The lowest BCUT2D eigenvalue weighted by Gasteiger charge is -2.18. The maximum Gasteiger partial charge on any atom is 0.332 e. The lowest BCUT2D eigenvalue weighted by molar-refractivity contribution is -0.136. The molecule has 0 aliphatic carbocycles. The van der Waals surface area contributed by atoms with Crippen LogP contribution in [0.2, 0.25) is 0 Å². The van der Waals surface area contributed by atoms with Crippen LogP contribution in [0.5, 0.6) is 0 Å². The fraction of sp³-hybridized carbons (Fsp3) is 0.409. The average Bonchev–Trinajstić information content (AvgIpc) is 3.52. The number of benzene rings is 1. The maximum absolute atomic E-state index is 12.7. The topological polar surface area (TPSA) is 140 Å². The van der Waals surface area contributed by atoms with Crippen molar-refractivity contribution in [3.63, 3.8) is 0 Å². The Kier molecular flexibility index (Phi) is 5.33. The number of β-amino-alcohol motifs (C(OH)–C–C–N with tert-alkyl or cyclic N) is 1. The summed E-state index contributed by atoms with van der Waals surface area (Å²) in [5, 5.41) is 10.7. The molecule has 1 fully saturated rings. The van der Waals surface area contributed by atoms with Gasteiger partial charge in [0.1, 0.15) is 24.7 Å². The van der Waals surface area contributed by atoms with Crippen LogP contribution in [-0.4, -0.2) is 70.4 Å². The molecule has 3 aromatic heterocycles. The normalized spacial score (nSPS) is 18.4. The van der Waals surface area contributed by atoms with Crippen LogP contribution in [0.25, 0.3) is 22.2 Å². The van der Waals surface area contributed by atoms with Crippen LogP contribution in [0.3, 0.4) is 0 Å². The van der Waals surface area contributed by atoms with Gasteiger partial charge in [0, 0.05) is 27.2 Å². The zero-order valence-electron chi connectivity index (χ0n) is 19.1. The number of carbonyl (C=O) groups is 1. The minimum Gasteiger partial charge on any atom is -0.389 e. The molecular weight excluding hydrogens is 442 g/mol. The summed E-state index contributed by atoms with van der Waals surface area (Å²) < 4.78 is 9.47. The Hall–Kier alpha value is -3.77. The number of likely N-dealkylation sites (tertiary alicyclic amines) is 1. The first kappa shape index (κ1) is 22.0. The van der Waals surface area contributed by atoms with Gasteiger partial charge in [0.25, 0.3) is 5.56 Å². The summed E-state index contributed by atoms with van der Waals surface area (Å²) in [6.45, 7) is 2.28. The van der Waals surface area contributed by atoms with Gasteiger partial charge >= 0.3 is 5.69 Å². The van der Waals surface area contributed by atoms with Crippen LogP contribution in [0.1, 0.15) is 17.4 Å². The van der Waals surface area contributed by atoms with Crippen LogP contribution in [0, 0.1) is 6.92 Å². The van der Waals surface area contributed by atoms with E-state index in [1.54, 1.807) is 11.6 Å². The largest absolute Gasteiger partial charge is 0.389 e. The summed E-state index contributed by atoms with van der Waals surface area (Å²) in [7, 11) is 2.93. The Morgan fingerprint density at radius 3 is 2.82 bits per heavy atom. The van der Waals surface area contributed by atoms with Crippen molar-refractivity contribution < 1.29 is 14.6 Å². The molecule has 12 nitrogen and oxygen atoms in total. The van der Waals surface area contributed by atoms with E-state index in [1.165, 1.54) is 22.8 Å². The Morgan fingerprint density at radius 1 is 1.24 bits per heavy atom. The van der Waals surface area contributed by atoms with Crippen molar-refractivity contribution in [2.45, 2.75) is 25.7 Å². The van der Waals surface area contributed by atoms with E-state index in [0.717, 1.165) is 21.2 Å². The van der Waals surface area contributed by atoms with E-state index in [0.29, 0.717) is 11.5 Å². The molecule has 0 unspecified atom stereocenters. The van der Waals surface area contributed by atoms with E-state index in [-0.39, 0.29) is 37.7 Å². The zero-order valence-corrected chi connectivity index (χ0v) is 19.1. The third kappa shape index (κ3) is 3.60. The summed E-state index contributed by atoms with van der Waals surface area (Å²) >= 11 is 0. The molecule has 1 aromatic carbocycles. The number of imidazole rings is 2. The van der Waals surface area contributed by atoms with Gasteiger partial charge in [0.15, 0.2) is 5.52 Å². The number of carbonyl (C=O) groups excluding carboxylic acids is 1. The summed E-state index contributed by atoms with van der Waals surface area (Å²) in [4.78, 5) is 50.8. The lowest BCUT2D eigenvalue weighted by Crippen LogP contribution is -2.38. The highest BCUT2D eigenvalue weighted by molar-refractivity contribution is 5.78. The highest BCUT2D eigenvalue weighted by atomic mass is 16.5. The molecule has 12 heteroatoms. The number of aryl methyl sites for hydroxylation is 2. The number of aliphatic hydroxyl groups excluding tert-OH is 1. The monoisotopic (exact) mass is 467 g/mol. The summed E-state index contributed by atoms with van der Waals surface area (Å²) in [5.74, 6) is 0.350. The lowest BCUT2D eigenvalue weighted by atomic mass is 10.2. The van der Waals surface area contributed by atoms with Gasteiger partial charge < -0.3 is 24.3 Å². The van der Waals surface area contributed by atoms with Crippen molar-refractivity contribution in [3.8, 4) is 0 Å². The van der Waals surface area contributed by atoms with E-state index in [9.17, 15) is 19.5 Å². The number of ether oxygens (including phenoxy) is 1. The molecule has 1 aliphatic rings. The highest BCUT2D eigenvalue weighted by Gasteiger charge is 2.36. The summed E-state index contributed by atoms with van der Waals surface area (Å²) in [5.41, 5.74) is 2.30. The van der Waals surface area contributed by atoms with Gasteiger partial charge in [-0.05, 0) is 24.6 Å². The van der Waals surface area contributed by atoms with Gasteiger partial charge in [0.2, 0.25) is 5.91 Å². The third-order valence-electron chi connectivity index (χ3n) is 6.29. The molecule has 0 radical (unpaired) electrons. The van der Waals surface area contributed by atoms with Crippen LogP contribution < -0.4 is 11.2 Å². The van der Waals surface area contributed by atoms with Gasteiger partial charge in [0.05, 0.1) is 29.5 Å². The van der Waals surface area contributed by atoms with Crippen molar-refractivity contribution in [1.82, 2.24) is 33.6 Å². The van der Waals surface area contributed by atoms with E-state index in [1.807, 2.05) is 25.1 Å². The number of aromatic nitrogens is 6. The number of rotatable bonds is 5. The first-order valence-electron chi connectivity index (χ1n) is 10.9. The van der Waals surface area contributed by atoms with Crippen molar-refractivity contribution in [3.05, 3.63) is 56.8 Å². The van der Waals surface area contributed by atoms with E-state index in [2.05, 4.69) is 15.0 Å². The molecule has 0 spiro atoms. The van der Waals surface area contributed by atoms with Crippen molar-refractivity contribution in [2.24, 2.45) is 14.1 Å². The molecule has 0 bridgehead atoms. The quantitative estimate of drug-likeness (QED) is 0.406. The second kappa shape index (κ2) is 8.22. The molecule has 5 rings (SSSR count). The molecule has 34 heavy (non-hydrogen) atoms. The number of H-pyrrole nitrogens is 1. The highest BCUT2D eigenvalue weighted by Crippen LogP contribution is 2.25. The van der Waals surface area contributed by atoms with Crippen LogP contribution >= 0.6 is 0 Å². The Labute approximate surface area is 193 Å². The number of amides is 1. The third-order valence-corrected chi connectivity index (χ3v) is 6.29. The Balaban J connectivity index is 1.27. The molecule has 0 saturated carbocycles. The second-order valence-corrected chi connectivity index (χ2v) is 8.66. The molecule has 2 N–H and O–H groups in total. The van der Waals surface area contributed by atoms with Gasteiger partial charge in [-0.3, -0.25) is 18.7 Å². The number of hydrogen-bond donors (Lipinski definition) is 2. The predicted octanol–water partition coefficient (Wildman–Crippen LogP) is -0.421. The standard InChI is InChI=1S/C22H25N7O5/c1-12-4-5-13-14(6-12)25-17(24-13)9-34-10-18(31)28-7-15(16(30)8-28)29-11-23-19-20(29)26(2)22(33)27(3)21(19)32/h4-6,11,15-16,30H,7-10H2,1-3H3,(H,24,25)/t15-,16-/m0/s1. The maximum atomic E-state index is 12.7. The SMILES string of the molecule is Cc1ccc2nc(COCC(=O)N3C[C@H](O)[C@@H](n4cnc5c(=O)n(C)c(=O)n(C)c54)C3)[nH]c2c1. The first-order chi connectivity index (χ1) is 16.2. The van der Waals surface area contributed by atoms with E-state index < -0.39 is 23.4 Å². The molecule has 1 aliphatic heterocycles. The van der Waals surface area contributed by atoms with Gasteiger partial charge in [-0.2, -0.15) is 0 Å². The molecule has 4 aromatic rings. The second-order valence-electron chi connectivity index (χ2n) is 8.66. The number of nitrogens with zero attached hydrogens (tertiary/aromatic N) is 6. The fourth-order valence-electron chi connectivity index (χ4n) is 4.46. The molecular formula is C22H25N7O5. The van der Waals surface area contributed by atoms with Crippen molar-refractivity contribution >= 4 is 28.1 Å². The predicted molar refractivity (Wildman–Crippen MR) is 122 cm³/mol. The van der Waals surface area contributed by atoms with E-state index in [4.69, 9.17) is 4.74 Å². The minimum absolute atomic E-state index is 0.106. The smallest absolute Gasteiger partial charge is 0.332 e.